The Kier molecular flexibility index (Phi) is 3.76. The Bertz CT molecular complexity index is 498. The number of aliphatic hydroxyl groups excluding tert-OH is 1. The summed E-state index contributed by atoms with van der Waals surface area (Å²) in [6, 6.07) is 2.79. The van der Waals surface area contributed by atoms with E-state index < -0.39 is 6.10 Å². The number of hydrogen-bond acceptors (Lipinski definition) is 4. The summed E-state index contributed by atoms with van der Waals surface area (Å²) < 4.78 is 1.26. The highest BCUT2D eigenvalue weighted by Crippen LogP contribution is 2.12. The van der Waals surface area contributed by atoms with Crippen LogP contribution in [0, 0.1) is 0 Å². The molecule has 0 saturated carbocycles. The molecular formula is C12H17N3O3. The second-order valence-electron chi connectivity index (χ2n) is 4.42. The zero-order valence-electron chi connectivity index (χ0n) is 10.4. The minimum Gasteiger partial charge on any atom is -0.391 e. The molecule has 2 heterocycles. The van der Waals surface area contributed by atoms with E-state index in [1.807, 2.05) is 0 Å². The van der Waals surface area contributed by atoms with Crippen molar-refractivity contribution in [2.24, 2.45) is 0 Å². The Hall–Kier alpha value is -1.69. The van der Waals surface area contributed by atoms with E-state index in [0.717, 1.165) is 12.8 Å². The van der Waals surface area contributed by atoms with E-state index in [2.05, 4.69) is 5.10 Å². The van der Waals surface area contributed by atoms with Gasteiger partial charge in [0.05, 0.1) is 6.10 Å². The largest absolute Gasteiger partial charge is 0.391 e. The molecule has 98 valence electrons. The molecule has 1 aliphatic heterocycles. The fourth-order valence-electron chi connectivity index (χ4n) is 2.09. The van der Waals surface area contributed by atoms with Crippen LogP contribution in [-0.4, -0.2) is 44.9 Å². The van der Waals surface area contributed by atoms with Gasteiger partial charge in [0.2, 0.25) is 0 Å². The second-order valence-corrected chi connectivity index (χ2v) is 4.42. The van der Waals surface area contributed by atoms with Gasteiger partial charge in [0, 0.05) is 25.7 Å². The molecule has 0 radical (unpaired) electrons. The number of rotatable bonds is 2. The maximum atomic E-state index is 12.2. The Labute approximate surface area is 105 Å². The van der Waals surface area contributed by atoms with E-state index in [-0.39, 0.29) is 17.2 Å². The summed E-state index contributed by atoms with van der Waals surface area (Å²) in [4.78, 5) is 25.1. The Balaban J connectivity index is 2.20. The first-order valence-corrected chi connectivity index (χ1v) is 6.17. The summed E-state index contributed by atoms with van der Waals surface area (Å²) >= 11 is 0. The van der Waals surface area contributed by atoms with Crippen LogP contribution in [0.25, 0.3) is 0 Å². The molecule has 0 aliphatic carbocycles. The Morgan fingerprint density at radius 1 is 1.56 bits per heavy atom. The minimum absolute atomic E-state index is 0.215. The van der Waals surface area contributed by atoms with Gasteiger partial charge in [0.1, 0.15) is 5.69 Å². The molecule has 1 aromatic rings. The quantitative estimate of drug-likeness (QED) is 0.794. The average molecular weight is 251 g/mol. The number of aromatic nitrogens is 2. The van der Waals surface area contributed by atoms with Crippen molar-refractivity contribution < 1.29 is 9.90 Å². The van der Waals surface area contributed by atoms with Crippen LogP contribution in [0.2, 0.25) is 0 Å². The molecule has 1 aromatic heterocycles. The van der Waals surface area contributed by atoms with Crippen LogP contribution in [-0.2, 0) is 6.54 Å². The maximum Gasteiger partial charge on any atom is 0.274 e. The number of aliphatic hydroxyl groups is 1. The van der Waals surface area contributed by atoms with Gasteiger partial charge in [-0.1, -0.05) is 0 Å². The molecule has 1 unspecified atom stereocenters. The van der Waals surface area contributed by atoms with Crippen LogP contribution >= 0.6 is 0 Å². The Morgan fingerprint density at radius 2 is 2.33 bits per heavy atom. The lowest BCUT2D eigenvalue weighted by atomic mass is 10.1. The number of nitrogens with zero attached hydrogens (tertiary/aromatic N) is 3. The maximum absolute atomic E-state index is 12.2. The standard InChI is InChI=1S/C12H17N3O3/c1-2-15-11(17)6-5-10(13-15)12(18)14-7-3-4-9(16)8-14/h5-6,9,16H,2-4,7-8H2,1H3. The molecule has 0 bridgehead atoms. The van der Waals surface area contributed by atoms with E-state index in [0.29, 0.717) is 19.6 Å². The second kappa shape index (κ2) is 5.30. The van der Waals surface area contributed by atoms with E-state index in [9.17, 15) is 14.7 Å². The first-order valence-electron chi connectivity index (χ1n) is 6.17. The number of β-amino-alcohol motifs (C(OH)–C–C–N with tert-alkyl or cyclic N) is 1. The van der Waals surface area contributed by atoms with Crippen LogP contribution in [0.15, 0.2) is 16.9 Å². The van der Waals surface area contributed by atoms with E-state index in [4.69, 9.17) is 0 Å². The third-order valence-corrected chi connectivity index (χ3v) is 3.07. The molecule has 2 rings (SSSR count). The summed E-state index contributed by atoms with van der Waals surface area (Å²) in [6.45, 7) is 3.20. The van der Waals surface area contributed by atoms with Gasteiger partial charge in [0.15, 0.2) is 0 Å². The van der Waals surface area contributed by atoms with Crippen molar-refractivity contribution in [3.8, 4) is 0 Å². The fraction of sp³-hybridized carbons (Fsp3) is 0.583. The molecule has 0 aromatic carbocycles. The van der Waals surface area contributed by atoms with E-state index >= 15 is 0 Å². The van der Waals surface area contributed by atoms with Crippen molar-refractivity contribution >= 4 is 5.91 Å². The number of carbonyl (C=O) groups is 1. The zero-order chi connectivity index (χ0) is 13.1. The third kappa shape index (κ3) is 2.59. The number of carbonyl (C=O) groups excluding carboxylic acids is 1. The topological polar surface area (TPSA) is 75.4 Å². The fourth-order valence-corrected chi connectivity index (χ4v) is 2.09. The molecule has 1 fully saturated rings. The van der Waals surface area contributed by atoms with Gasteiger partial charge in [-0.05, 0) is 25.8 Å². The lowest BCUT2D eigenvalue weighted by Gasteiger charge is -2.29. The van der Waals surface area contributed by atoms with E-state index in [1.165, 1.54) is 16.8 Å². The number of aryl methyl sites for hydroxylation is 1. The molecule has 1 atom stereocenters. The minimum atomic E-state index is -0.459. The molecule has 1 aliphatic rings. The van der Waals surface area contributed by atoms with Gasteiger partial charge in [-0.2, -0.15) is 5.10 Å². The van der Waals surface area contributed by atoms with Gasteiger partial charge in [0.25, 0.3) is 11.5 Å². The highest BCUT2D eigenvalue weighted by atomic mass is 16.3. The Morgan fingerprint density at radius 3 is 3.00 bits per heavy atom. The van der Waals surface area contributed by atoms with Crippen molar-refractivity contribution in [1.29, 1.82) is 0 Å². The molecule has 6 heteroatoms. The number of likely N-dealkylation sites (tertiary alicyclic amines) is 1. The van der Waals surface area contributed by atoms with Crippen molar-refractivity contribution in [1.82, 2.24) is 14.7 Å². The number of piperidine rings is 1. The van der Waals surface area contributed by atoms with Crippen molar-refractivity contribution in [3.05, 3.63) is 28.2 Å². The van der Waals surface area contributed by atoms with Crippen molar-refractivity contribution in [2.45, 2.75) is 32.4 Å². The predicted octanol–water partition coefficient (Wildman–Crippen LogP) is -0.140. The third-order valence-electron chi connectivity index (χ3n) is 3.07. The molecule has 1 saturated heterocycles. The van der Waals surface area contributed by atoms with Gasteiger partial charge in [-0.3, -0.25) is 9.59 Å². The lowest BCUT2D eigenvalue weighted by Crippen LogP contribution is -2.43. The van der Waals surface area contributed by atoms with E-state index in [1.54, 1.807) is 11.8 Å². The van der Waals surface area contributed by atoms with Crippen molar-refractivity contribution in [3.63, 3.8) is 0 Å². The molecule has 1 amide bonds. The highest BCUT2D eigenvalue weighted by molar-refractivity contribution is 5.92. The smallest absolute Gasteiger partial charge is 0.274 e. The van der Waals surface area contributed by atoms with Crippen molar-refractivity contribution in [2.75, 3.05) is 13.1 Å². The van der Waals surface area contributed by atoms with Crippen LogP contribution in [0.4, 0.5) is 0 Å². The van der Waals surface area contributed by atoms with Gasteiger partial charge >= 0.3 is 0 Å². The first kappa shape index (κ1) is 12.8. The normalized spacial score (nSPS) is 19.9. The summed E-state index contributed by atoms with van der Waals surface area (Å²) in [6.07, 6.45) is 1.06. The zero-order valence-corrected chi connectivity index (χ0v) is 10.4. The number of hydrogen-bond donors (Lipinski definition) is 1. The van der Waals surface area contributed by atoms with Crippen LogP contribution in [0.5, 0.6) is 0 Å². The van der Waals surface area contributed by atoms with Crippen LogP contribution in [0.3, 0.4) is 0 Å². The lowest BCUT2D eigenvalue weighted by molar-refractivity contribution is 0.0466. The summed E-state index contributed by atoms with van der Waals surface area (Å²) in [5.74, 6) is -0.226. The summed E-state index contributed by atoms with van der Waals surface area (Å²) in [5.41, 5.74) is 0.0401. The van der Waals surface area contributed by atoms with Crippen LogP contribution in [0.1, 0.15) is 30.3 Å². The highest BCUT2D eigenvalue weighted by Gasteiger charge is 2.24. The summed E-state index contributed by atoms with van der Waals surface area (Å²) in [7, 11) is 0. The monoisotopic (exact) mass is 251 g/mol. The SMILES string of the molecule is CCn1nc(C(=O)N2CCCC(O)C2)ccc1=O. The first-order chi connectivity index (χ1) is 8.61. The average Bonchev–Trinajstić information content (AvgIpc) is 2.38. The molecular weight excluding hydrogens is 234 g/mol. The molecule has 1 N–H and O–H groups in total. The molecule has 6 nitrogen and oxygen atoms in total. The van der Waals surface area contributed by atoms with Crippen LogP contribution < -0.4 is 5.56 Å². The van der Waals surface area contributed by atoms with Gasteiger partial charge in [-0.25, -0.2) is 4.68 Å². The van der Waals surface area contributed by atoms with Gasteiger partial charge < -0.3 is 10.0 Å². The number of amides is 1. The predicted molar refractivity (Wildman–Crippen MR) is 65.3 cm³/mol. The van der Waals surface area contributed by atoms with Gasteiger partial charge in [-0.15, -0.1) is 0 Å². The molecule has 0 spiro atoms. The molecule has 18 heavy (non-hydrogen) atoms. The summed E-state index contributed by atoms with van der Waals surface area (Å²) in [5, 5.41) is 13.6.